The summed E-state index contributed by atoms with van der Waals surface area (Å²) in [5.41, 5.74) is 4.39. The van der Waals surface area contributed by atoms with Gasteiger partial charge in [-0.15, -0.1) is 11.3 Å². The number of cyclic esters (lactones) is 1. The van der Waals surface area contributed by atoms with Gasteiger partial charge in [-0.25, -0.2) is 4.79 Å². The fourth-order valence-electron chi connectivity index (χ4n) is 4.54. The van der Waals surface area contributed by atoms with Gasteiger partial charge in [-0.2, -0.15) is 0 Å². The fourth-order valence-corrected chi connectivity index (χ4v) is 5.69. The summed E-state index contributed by atoms with van der Waals surface area (Å²) in [4.78, 5) is 27.7. The zero-order chi connectivity index (χ0) is 25.2. The van der Waals surface area contributed by atoms with Gasteiger partial charge in [0, 0.05) is 28.4 Å². The molecule has 1 aliphatic heterocycles. The molecule has 0 radical (unpaired) electrons. The van der Waals surface area contributed by atoms with Crippen LogP contribution in [0.1, 0.15) is 44.3 Å². The van der Waals surface area contributed by atoms with Crippen LogP contribution in [0.25, 0.3) is 11.1 Å². The number of hydrogen-bond acceptors (Lipinski definition) is 4. The molecule has 0 saturated heterocycles. The minimum atomic E-state index is -0.669. The van der Waals surface area contributed by atoms with Crippen LogP contribution in [0.2, 0.25) is 10.0 Å². The molecule has 0 saturated carbocycles. The number of aryl methyl sites for hydroxylation is 1. The lowest BCUT2D eigenvalue weighted by atomic mass is 9.83. The number of ketones is 1. The second-order valence-corrected chi connectivity index (χ2v) is 10.5. The van der Waals surface area contributed by atoms with Crippen molar-refractivity contribution in [2.45, 2.75) is 25.4 Å². The van der Waals surface area contributed by atoms with E-state index in [1.807, 2.05) is 85.1 Å². The topological polar surface area (TPSA) is 43.4 Å². The summed E-state index contributed by atoms with van der Waals surface area (Å²) in [5.74, 6) is -0.795. The van der Waals surface area contributed by atoms with E-state index >= 15 is 0 Å². The van der Waals surface area contributed by atoms with Gasteiger partial charge >= 0.3 is 5.97 Å². The predicted octanol–water partition coefficient (Wildman–Crippen LogP) is 8.26. The van der Waals surface area contributed by atoms with Gasteiger partial charge in [0.1, 0.15) is 6.10 Å². The average Bonchev–Trinajstić information content (AvgIpc) is 3.53. The summed E-state index contributed by atoms with van der Waals surface area (Å²) >= 11 is 14.1. The number of carbonyl (C=O) groups excluding carboxylic acids is 2. The third kappa shape index (κ3) is 4.90. The maximum absolute atomic E-state index is 13.4. The third-order valence-electron chi connectivity index (χ3n) is 6.34. The van der Waals surface area contributed by atoms with Crippen LogP contribution in [0.3, 0.4) is 0 Å². The first kappa shape index (κ1) is 24.5. The van der Waals surface area contributed by atoms with Crippen molar-refractivity contribution in [1.82, 2.24) is 0 Å². The van der Waals surface area contributed by atoms with E-state index in [1.54, 1.807) is 23.5 Å². The van der Waals surface area contributed by atoms with Crippen molar-refractivity contribution in [3.63, 3.8) is 0 Å². The number of thiophene rings is 1. The molecule has 1 aromatic heterocycles. The molecule has 0 unspecified atom stereocenters. The number of benzene rings is 3. The first-order valence-corrected chi connectivity index (χ1v) is 13.1. The highest BCUT2D eigenvalue weighted by Gasteiger charge is 2.42. The quantitative estimate of drug-likeness (QED) is 0.177. The number of ether oxygens (including phenoxy) is 1. The molecule has 36 heavy (non-hydrogen) atoms. The van der Waals surface area contributed by atoms with Crippen LogP contribution >= 0.6 is 34.5 Å². The molecule has 0 amide bonds. The van der Waals surface area contributed by atoms with Crippen LogP contribution in [0.15, 0.2) is 90.3 Å². The molecule has 6 heteroatoms. The van der Waals surface area contributed by atoms with Crippen molar-refractivity contribution in [3.05, 3.63) is 127 Å². The normalized spacial score (nSPS) is 16.2. The monoisotopic (exact) mass is 532 g/mol. The van der Waals surface area contributed by atoms with E-state index in [9.17, 15) is 9.59 Å². The largest absolute Gasteiger partial charge is 0.453 e. The van der Waals surface area contributed by atoms with Crippen molar-refractivity contribution in [2.24, 2.45) is 0 Å². The lowest BCUT2D eigenvalue weighted by molar-refractivity contribution is -0.138. The van der Waals surface area contributed by atoms with E-state index in [1.165, 1.54) is 0 Å². The Bertz CT molecular complexity index is 1440. The van der Waals surface area contributed by atoms with Crippen LogP contribution in [0.4, 0.5) is 0 Å². The molecule has 3 aromatic carbocycles. The van der Waals surface area contributed by atoms with Crippen molar-refractivity contribution in [2.75, 3.05) is 0 Å². The van der Waals surface area contributed by atoms with Gasteiger partial charge in [0.2, 0.25) is 0 Å². The van der Waals surface area contributed by atoms with Gasteiger partial charge in [-0.1, -0.05) is 95.5 Å². The average molecular weight is 533 g/mol. The molecule has 0 spiro atoms. The number of carbonyl (C=O) groups is 2. The van der Waals surface area contributed by atoms with Gasteiger partial charge < -0.3 is 4.74 Å². The summed E-state index contributed by atoms with van der Waals surface area (Å²) in [5, 5.41) is 2.78. The Labute approximate surface area is 224 Å². The van der Waals surface area contributed by atoms with Gasteiger partial charge in [-0.05, 0) is 41.6 Å². The second-order valence-electron chi connectivity index (χ2n) is 8.72. The van der Waals surface area contributed by atoms with Crippen LogP contribution < -0.4 is 0 Å². The summed E-state index contributed by atoms with van der Waals surface area (Å²) in [7, 11) is 0. The zero-order valence-corrected chi connectivity index (χ0v) is 21.7. The van der Waals surface area contributed by atoms with Crippen molar-refractivity contribution in [3.8, 4) is 0 Å². The van der Waals surface area contributed by atoms with Crippen molar-refractivity contribution >= 4 is 57.4 Å². The summed E-state index contributed by atoms with van der Waals surface area (Å²) in [6.07, 6.45) is -0.480. The van der Waals surface area contributed by atoms with E-state index in [0.29, 0.717) is 26.8 Å². The molecule has 0 aliphatic carbocycles. The van der Waals surface area contributed by atoms with E-state index in [4.69, 9.17) is 27.9 Å². The molecule has 5 rings (SSSR count). The number of esters is 1. The van der Waals surface area contributed by atoms with Crippen molar-refractivity contribution in [1.29, 1.82) is 0 Å². The second kappa shape index (κ2) is 10.4. The lowest BCUT2D eigenvalue weighted by Crippen LogP contribution is -2.23. The van der Waals surface area contributed by atoms with Crippen molar-refractivity contribution < 1.29 is 14.3 Å². The summed E-state index contributed by atoms with van der Waals surface area (Å²) < 4.78 is 6.07. The Kier molecular flexibility index (Phi) is 7.10. The van der Waals surface area contributed by atoms with Gasteiger partial charge in [0.05, 0.1) is 15.6 Å². The van der Waals surface area contributed by atoms with E-state index < -0.39 is 12.1 Å². The molecular weight excluding hydrogens is 511 g/mol. The Morgan fingerprint density at radius 3 is 2.33 bits per heavy atom. The highest BCUT2D eigenvalue weighted by Crippen LogP contribution is 2.46. The van der Waals surface area contributed by atoms with Crippen LogP contribution in [-0.4, -0.2) is 17.9 Å². The smallest absolute Gasteiger partial charge is 0.339 e. The van der Waals surface area contributed by atoms with Gasteiger partial charge in [-0.3, -0.25) is 4.79 Å². The molecular formula is C30H22Cl2O3S. The van der Waals surface area contributed by atoms with Gasteiger partial charge in [0.15, 0.2) is 5.78 Å². The SMILES string of the molecule is Cc1ccc(C(=O)C[C@H](c2cccs2)[C@@H]2OC(=O)C(c3ccccc3)=C2c2ccc(Cl)c(Cl)c2)cc1. The van der Waals surface area contributed by atoms with E-state index in [2.05, 4.69) is 0 Å². The highest BCUT2D eigenvalue weighted by molar-refractivity contribution is 7.10. The molecule has 1 aliphatic rings. The maximum Gasteiger partial charge on any atom is 0.339 e. The zero-order valence-electron chi connectivity index (χ0n) is 19.4. The number of halogens is 2. The standard InChI is InChI=1S/C30H22Cl2O3S/c1-18-9-11-19(12-10-18)25(33)17-22(26-8-5-15-36-26)29-27(21-13-14-23(31)24(32)16-21)28(30(34)35-29)20-6-3-2-4-7-20/h2-16,22,29H,17H2,1H3/t22-,29+/m1/s1. The van der Waals surface area contributed by atoms with Gasteiger partial charge in [0.25, 0.3) is 0 Å². The minimum Gasteiger partial charge on any atom is -0.453 e. The van der Waals surface area contributed by atoms with E-state index in [0.717, 1.165) is 21.6 Å². The van der Waals surface area contributed by atoms with Crippen LogP contribution in [0, 0.1) is 6.92 Å². The summed E-state index contributed by atoms with van der Waals surface area (Å²) in [6.45, 7) is 1.99. The van der Waals surface area contributed by atoms with E-state index in [-0.39, 0.29) is 18.1 Å². The Hall–Kier alpha value is -3.18. The molecule has 2 atom stereocenters. The Morgan fingerprint density at radius 2 is 1.67 bits per heavy atom. The van der Waals surface area contributed by atoms with Crippen LogP contribution in [-0.2, 0) is 9.53 Å². The third-order valence-corrected chi connectivity index (χ3v) is 8.08. The molecule has 0 bridgehead atoms. The Morgan fingerprint density at radius 1 is 0.917 bits per heavy atom. The minimum absolute atomic E-state index is 0.00824. The number of Topliss-reactive ketones (excluding diaryl/α,β-unsaturated/α-hetero) is 1. The number of rotatable bonds is 7. The molecule has 4 aromatic rings. The lowest BCUT2D eigenvalue weighted by Gasteiger charge is -2.24. The highest BCUT2D eigenvalue weighted by atomic mass is 35.5. The molecule has 0 fully saturated rings. The molecule has 2 heterocycles. The maximum atomic E-state index is 13.4. The first-order valence-electron chi connectivity index (χ1n) is 11.5. The molecule has 180 valence electrons. The first-order chi connectivity index (χ1) is 17.4. The fraction of sp³-hybridized carbons (Fsp3) is 0.133. The number of hydrogen-bond donors (Lipinski definition) is 0. The Balaban J connectivity index is 1.64. The molecule has 3 nitrogen and oxygen atoms in total. The van der Waals surface area contributed by atoms with Crippen LogP contribution in [0.5, 0.6) is 0 Å². The summed E-state index contributed by atoms with van der Waals surface area (Å²) in [6, 6.07) is 26.2. The molecule has 0 N–H and O–H groups in total. The predicted molar refractivity (Wildman–Crippen MR) is 147 cm³/mol.